The van der Waals surface area contributed by atoms with Crippen molar-refractivity contribution in [3.05, 3.63) is 53.6 Å². The maximum Gasteiger partial charge on any atom is 0.119 e. The van der Waals surface area contributed by atoms with Crippen LogP contribution in [0.15, 0.2) is 42.5 Å². The summed E-state index contributed by atoms with van der Waals surface area (Å²) in [5.74, 6) is 0.872. The number of methoxy groups -OCH3 is 1. The van der Waals surface area contributed by atoms with Crippen LogP contribution in [0.4, 0.5) is 11.4 Å². The summed E-state index contributed by atoms with van der Waals surface area (Å²) in [4.78, 5) is 0. The van der Waals surface area contributed by atoms with E-state index in [0.717, 1.165) is 17.1 Å². The molecule has 88 valence electrons. The second-order valence-electron chi connectivity index (χ2n) is 4.10. The van der Waals surface area contributed by atoms with Crippen molar-refractivity contribution in [3.63, 3.8) is 0 Å². The lowest BCUT2D eigenvalue weighted by atomic mass is 10.1. The van der Waals surface area contributed by atoms with Crippen LogP contribution in [0, 0.1) is 13.8 Å². The third kappa shape index (κ3) is 2.59. The molecule has 0 atom stereocenters. The Morgan fingerprint density at radius 2 is 1.65 bits per heavy atom. The Hall–Kier alpha value is -1.96. The van der Waals surface area contributed by atoms with E-state index in [0.29, 0.717) is 0 Å². The summed E-state index contributed by atoms with van der Waals surface area (Å²) < 4.78 is 5.13. The quantitative estimate of drug-likeness (QED) is 0.853. The molecule has 0 aliphatic heterocycles. The van der Waals surface area contributed by atoms with Gasteiger partial charge >= 0.3 is 0 Å². The van der Waals surface area contributed by atoms with Crippen molar-refractivity contribution in [3.8, 4) is 5.75 Å². The van der Waals surface area contributed by atoms with Crippen LogP contribution in [0.1, 0.15) is 11.1 Å². The van der Waals surface area contributed by atoms with Gasteiger partial charge < -0.3 is 10.1 Å². The SMILES string of the molecule is COc1ccc(Nc2cccc(C)c2C)cc1. The van der Waals surface area contributed by atoms with Gasteiger partial charge in [0.25, 0.3) is 0 Å². The smallest absolute Gasteiger partial charge is 0.119 e. The zero-order valence-electron chi connectivity index (χ0n) is 10.4. The number of nitrogens with one attached hydrogen (secondary N) is 1. The fourth-order valence-corrected chi connectivity index (χ4v) is 1.72. The van der Waals surface area contributed by atoms with Crippen molar-refractivity contribution in [1.82, 2.24) is 0 Å². The highest BCUT2D eigenvalue weighted by atomic mass is 16.5. The summed E-state index contributed by atoms with van der Waals surface area (Å²) in [6.45, 7) is 4.25. The van der Waals surface area contributed by atoms with Gasteiger partial charge in [0.15, 0.2) is 0 Å². The molecule has 0 aliphatic carbocycles. The molecule has 0 aliphatic rings. The van der Waals surface area contributed by atoms with Gasteiger partial charge in [-0.1, -0.05) is 12.1 Å². The summed E-state index contributed by atoms with van der Waals surface area (Å²) in [5.41, 5.74) is 4.79. The van der Waals surface area contributed by atoms with Gasteiger partial charge in [-0.25, -0.2) is 0 Å². The molecule has 1 N–H and O–H groups in total. The fourth-order valence-electron chi connectivity index (χ4n) is 1.72. The lowest BCUT2D eigenvalue weighted by Crippen LogP contribution is -1.94. The molecule has 0 saturated heterocycles. The Labute approximate surface area is 102 Å². The van der Waals surface area contributed by atoms with Crippen LogP contribution in [0.2, 0.25) is 0 Å². The first-order valence-corrected chi connectivity index (χ1v) is 5.68. The number of anilines is 2. The molecule has 0 fully saturated rings. The molecule has 0 amide bonds. The van der Waals surface area contributed by atoms with Crippen LogP contribution < -0.4 is 10.1 Å². The van der Waals surface area contributed by atoms with E-state index in [-0.39, 0.29) is 0 Å². The first kappa shape index (κ1) is 11.5. The summed E-state index contributed by atoms with van der Waals surface area (Å²) in [7, 11) is 1.67. The lowest BCUT2D eigenvalue weighted by molar-refractivity contribution is 0.415. The first-order valence-electron chi connectivity index (χ1n) is 5.68. The van der Waals surface area contributed by atoms with E-state index in [1.807, 2.05) is 24.3 Å². The Bertz CT molecular complexity index is 503. The summed E-state index contributed by atoms with van der Waals surface area (Å²) in [6.07, 6.45) is 0. The predicted octanol–water partition coefficient (Wildman–Crippen LogP) is 4.06. The predicted molar refractivity (Wildman–Crippen MR) is 72.2 cm³/mol. The molecule has 0 unspecified atom stereocenters. The molecule has 2 nitrogen and oxygen atoms in total. The van der Waals surface area contributed by atoms with E-state index in [4.69, 9.17) is 4.74 Å². The summed E-state index contributed by atoms with van der Waals surface area (Å²) in [6, 6.07) is 14.2. The number of aryl methyl sites for hydroxylation is 1. The minimum atomic E-state index is 0.872. The highest BCUT2D eigenvalue weighted by molar-refractivity contribution is 5.64. The van der Waals surface area contributed by atoms with E-state index in [1.165, 1.54) is 11.1 Å². The summed E-state index contributed by atoms with van der Waals surface area (Å²) in [5, 5.41) is 3.41. The second-order valence-corrected chi connectivity index (χ2v) is 4.10. The number of hydrogen-bond donors (Lipinski definition) is 1. The van der Waals surface area contributed by atoms with Crippen molar-refractivity contribution in [2.45, 2.75) is 13.8 Å². The van der Waals surface area contributed by atoms with Gasteiger partial charge in [0, 0.05) is 11.4 Å². The van der Waals surface area contributed by atoms with E-state index in [9.17, 15) is 0 Å². The molecule has 2 aromatic carbocycles. The standard InChI is InChI=1S/C15H17NO/c1-11-5-4-6-15(12(11)2)16-13-7-9-14(17-3)10-8-13/h4-10,16H,1-3H3. The molecule has 0 bridgehead atoms. The molecular formula is C15H17NO. The first-order chi connectivity index (χ1) is 8.20. The van der Waals surface area contributed by atoms with Gasteiger partial charge in [0.2, 0.25) is 0 Å². The Kier molecular flexibility index (Phi) is 3.33. The topological polar surface area (TPSA) is 21.3 Å². The van der Waals surface area contributed by atoms with Crippen LogP contribution in [0.3, 0.4) is 0 Å². The molecule has 0 aromatic heterocycles. The van der Waals surface area contributed by atoms with Crippen LogP contribution in [-0.4, -0.2) is 7.11 Å². The van der Waals surface area contributed by atoms with Crippen LogP contribution in [0.5, 0.6) is 5.75 Å². The molecular weight excluding hydrogens is 210 g/mol. The fraction of sp³-hybridized carbons (Fsp3) is 0.200. The van der Waals surface area contributed by atoms with Crippen molar-refractivity contribution in [2.75, 3.05) is 12.4 Å². The van der Waals surface area contributed by atoms with Crippen molar-refractivity contribution >= 4 is 11.4 Å². The van der Waals surface area contributed by atoms with Crippen molar-refractivity contribution < 1.29 is 4.74 Å². The molecule has 0 saturated carbocycles. The van der Waals surface area contributed by atoms with E-state index < -0.39 is 0 Å². The van der Waals surface area contributed by atoms with Crippen LogP contribution in [0.25, 0.3) is 0 Å². The van der Waals surface area contributed by atoms with Gasteiger partial charge in [0.1, 0.15) is 5.75 Å². The third-order valence-corrected chi connectivity index (χ3v) is 2.97. The maximum atomic E-state index is 5.13. The monoisotopic (exact) mass is 227 g/mol. The number of benzene rings is 2. The van der Waals surface area contributed by atoms with Gasteiger partial charge in [0.05, 0.1) is 7.11 Å². The average Bonchev–Trinajstić information content (AvgIpc) is 2.36. The van der Waals surface area contributed by atoms with Crippen molar-refractivity contribution in [1.29, 1.82) is 0 Å². The van der Waals surface area contributed by atoms with Gasteiger partial charge in [-0.2, -0.15) is 0 Å². The van der Waals surface area contributed by atoms with Gasteiger partial charge in [-0.15, -0.1) is 0 Å². The Balaban J connectivity index is 2.22. The van der Waals surface area contributed by atoms with Crippen LogP contribution >= 0.6 is 0 Å². The minimum absolute atomic E-state index is 0.872. The molecule has 0 heterocycles. The van der Waals surface area contributed by atoms with E-state index >= 15 is 0 Å². The Morgan fingerprint density at radius 3 is 2.29 bits per heavy atom. The average molecular weight is 227 g/mol. The Morgan fingerprint density at radius 1 is 0.941 bits per heavy atom. The normalized spacial score (nSPS) is 10.1. The highest BCUT2D eigenvalue weighted by Gasteiger charge is 2.01. The molecule has 2 heteroatoms. The second kappa shape index (κ2) is 4.91. The largest absolute Gasteiger partial charge is 0.497 e. The van der Waals surface area contributed by atoms with E-state index in [1.54, 1.807) is 7.11 Å². The van der Waals surface area contributed by atoms with Crippen LogP contribution in [-0.2, 0) is 0 Å². The molecule has 17 heavy (non-hydrogen) atoms. The maximum absolute atomic E-state index is 5.13. The molecule has 0 radical (unpaired) electrons. The van der Waals surface area contributed by atoms with Gasteiger partial charge in [-0.05, 0) is 55.3 Å². The zero-order valence-corrected chi connectivity index (χ0v) is 10.4. The number of ether oxygens (including phenoxy) is 1. The number of rotatable bonds is 3. The molecule has 0 spiro atoms. The molecule has 2 rings (SSSR count). The molecule has 2 aromatic rings. The zero-order chi connectivity index (χ0) is 12.3. The van der Waals surface area contributed by atoms with Crippen molar-refractivity contribution in [2.24, 2.45) is 0 Å². The lowest BCUT2D eigenvalue weighted by Gasteiger charge is -2.11. The number of hydrogen-bond acceptors (Lipinski definition) is 2. The van der Waals surface area contributed by atoms with E-state index in [2.05, 4.69) is 37.4 Å². The summed E-state index contributed by atoms with van der Waals surface area (Å²) >= 11 is 0. The van der Waals surface area contributed by atoms with Gasteiger partial charge in [-0.3, -0.25) is 0 Å². The third-order valence-electron chi connectivity index (χ3n) is 2.97. The highest BCUT2D eigenvalue weighted by Crippen LogP contribution is 2.24. The minimum Gasteiger partial charge on any atom is -0.497 e.